The Hall–Kier alpha value is 0.137. The molecule has 1 unspecified atom stereocenters. The molecule has 2 nitrogen and oxygen atoms in total. The van der Waals surface area contributed by atoms with Crippen molar-refractivity contribution in [2.75, 3.05) is 13.2 Å². The lowest BCUT2D eigenvalue weighted by molar-refractivity contribution is 0.187. The van der Waals surface area contributed by atoms with Gasteiger partial charge in [0, 0.05) is 13.2 Å². The smallest absolute Gasteiger partial charge is 0.324 e. The van der Waals surface area contributed by atoms with Gasteiger partial charge in [0.05, 0.1) is 0 Å². The number of hydrogen-bond acceptors (Lipinski definition) is 2. The van der Waals surface area contributed by atoms with Gasteiger partial charge in [0.2, 0.25) is 0 Å². The molecule has 0 rings (SSSR count). The molecule has 0 bridgehead atoms. The molecule has 0 radical (unpaired) electrons. The maximum Gasteiger partial charge on any atom is 0.324 e. The lowest BCUT2D eigenvalue weighted by atomic mass is 10.3. The fourth-order valence-corrected chi connectivity index (χ4v) is 3.73. The lowest BCUT2D eigenvalue weighted by Crippen LogP contribution is -2.28. The molecule has 0 amide bonds. The van der Waals surface area contributed by atoms with Crippen molar-refractivity contribution >= 4 is 9.28 Å². The van der Waals surface area contributed by atoms with Crippen LogP contribution in [0.5, 0.6) is 0 Å². The van der Waals surface area contributed by atoms with Crippen LogP contribution in [0.3, 0.4) is 0 Å². The molecule has 0 N–H and O–H groups in total. The van der Waals surface area contributed by atoms with Crippen molar-refractivity contribution in [3.63, 3.8) is 0 Å². The summed E-state index contributed by atoms with van der Waals surface area (Å²) in [4.78, 5) is 0. The third-order valence-electron chi connectivity index (χ3n) is 2.18. The van der Waals surface area contributed by atoms with E-state index in [0.717, 1.165) is 26.1 Å². The van der Waals surface area contributed by atoms with Crippen molar-refractivity contribution in [2.45, 2.75) is 58.9 Å². The zero-order valence-corrected chi connectivity index (χ0v) is 11.4. The van der Waals surface area contributed by atoms with Crippen molar-refractivity contribution in [3.05, 3.63) is 0 Å². The second-order valence-corrected chi connectivity index (χ2v) is 6.42. The minimum absolute atomic E-state index is 0.651. The molecule has 0 aromatic rings. The van der Waals surface area contributed by atoms with E-state index in [9.17, 15) is 0 Å². The summed E-state index contributed by atoms with van der Waals surface area (Å²) in [7, 11) is -1.38. The molecular weight excluding hydrogens is 192 g/mol. The highest BCUT2D eigenvalue weighted by Gasteiger charge is 2.20. The molecule has 0 fully saturated rings. The first-order valence-electron chi connectivity index (χ1n) is 5.99. The Morgan fingerprint density at radius 2 is 1.43 bits per heavy atom. The van der Waals surface area contributed by atoms with Crippen LogP contribution in [0.15, 0.2) is 0 Å². The molecule has 0 aliphatic carbocycles. The topological polar surface area (TPSA) is 18.5 Å². The zero-order chi connectivity index (χ0) is 10.8. The van der Waals surface area contributed by atoms with Gasteiger partial charge in [0.15, 0.2) is 0 Å². The Balaban J connectivity index is 3.81. The number of hydrogen-bond donors (Lipinski definition) is 0. The Morgan fingerprint density at radius 1 is 0.929 bits per heavy atom. The third kappa shape index (κ3) is 6.57. The first kappa shape index (κ1) is 14.1. The molecular formula is C11H26O2Si. The highest BCUT2D eigenvalue weighted by molar-refractivity contribution is 6.46. The summed E-state index contributed by atoms with van der Waals surface area (Å²) in [6.07, 6.45) is 4.66. The average Bonchev–Trinajstić information content (AvgIpc) is 2.18. The Kier molecular flexibility index (Phi) is 9.78. The molecule has 14 heavy (non-hydrogen) atoms. The molecule has 86 valence electrons. The van der Waals surface area contributed by atoms with Crippen molar-refractivity contribution < 1.29 is 8.85 Å². The molecule has 0 saturated heterocycles. The van der Waals surface area contributed by atoms with Crippen molar-refractivity contribution in [1.29, 1.82) is 0 Å². The highest BCUT2D eigenvalue weighted by atomic mass is 28.3. The summed E-state index contributed by atoms with van der Waals surface area (Å²) in [5.74, 6) is 0. The molecule has 3 heteroatoms. The van der Waals surface area contributed by atoms with E-state index in [1.807, 2.05) is 0 Å². The molecule has 0 saturated carbocycles. The summed E-state index contributed by atoms with van der Waals surface area (Å²) in [5, 5.41) is 0. The van der Waals surface area contributed by atoms with Crippen LogP contribution in [0.1, 0.15) is 53.4 Å². The Labute approximate surface area is 90.8 Å². The minimum atomic E-state index is -1.38. The summed E-state index contributed by atoms with van der Waals surface area (Å²) in [6.45, 7) is 10.5. The normalized spacial score (nSPS) is 13.5. The largest absolute Gasteiger partial charge is 0.396 e. The van der Waals surface area contributed by atoms with Crippen LogP contribution in [0.2, 0.25) is 5.54 Å². The van der Waals surface area contributed by atoms with Gasteiger partial charge in [-0.15, -0.1) is 0 Å². The highest BCUT2D eigenvalue weighted by Crippen LogP contribution is 2.18. The van der Waals surface area contributed by atoms with Gasteiger partial charge in [0.25, 0.3) is 0 Å². The second-order valence-electron chi connectivity index (χ2n) is 3.88. The van der Waals surface area contributed by atoms with Crippen molar-refractivity contribution in [1.82, 2.24) is 0 Å². The molecule has 1 atom stereocenters. The van der Waals surface area contributed by atoms with Gasteiger partial charge >= 0.3 is 9.28 Å². The molecule has 0 aromatic heterocycles. The van der Waals surface area contributed by atoms with Gasteiger partial charge < -0.3 is 8.85 Å². The standard InChI is InChI=1S/C11H26O2Si/c1-5-8-11(4)14(12-9-6-2)13-10-7-3/h11,14H,5-10H2,1-4H3. The average molecular weight is 218 g/mol. The predicted molar refractivity (Wildman–Crippen MR) is 64.0 cm³/mol. The fourth-order valence-electron chi connectivity index (χ4n) is 1.44. The van der Waals surface area contributed by atoms with Crippen LogP contribution in [0, 0.1) is 0 Å². The van der Waals surface area contributed by atoms with Crippen LogP contribution in [0.25, 0.3) is 0 Å². The van der Waals surface area contributed by atoms with E-state index in [0.29, 0.717) is 5.54 Å². The Bertz CT molecular complexity index is 112. The van der Waals surface area contributed by atoms with Crippen LogP contribution in [0.4, 0.5) is 0 Å². The first-order valence-corrected chi connectivity index (χ1v) is 7.60. The number of rotatable bonds is 9. The van der Waals surface area contributed by atoms with Crippen molar-refractivity contribution in [3.8, 4) is 0 Å². The molecule has 0 aliphatic rings. The SMILES string of the molecule is CCCO[SiH](OCCC)C(C)CCC. The van der Waals surface area contributed by atoms with E-state index < -0.39 is 9.28 Å². The summed E-state index contributed by atoms with van der Waals surface area (Å²) < 4.78 is 11.6. The first-order chi connectivity index (χ1) is 6.76. The van der Waals surface area contributed by atoms with E-state index >= 15 is 0 Å². The van der Waals surface area contributed by atoms with Crippen molar-refractivity contribution in [2.24, 2.45) is 0 Å². The summed E-state index contributed by atoms with van der Waals surface area (Å²) in [6, 6.07) is 0. The summed E-state index contributed by atoms with van der Waals surface area (Å²) in [5.41, 5.74) is 0.651. The van der Waals surface area contributed by atoms with Gasteiger partial charge in [0.1, 0.15) is 0 Å². The van der Waals surface area contributed by atoms with E-state index in [4.69, 9.17) is 8.85 Å². The molecule has 0 spiro atoms. The van der Waals surface area contributed by atoms with Gasteiger partial charge in [-0.25, -0.2) is 0 Å². The van der Waals surface area contributed by atoms with Gasteiger partial charge in [-0.1, -0.05) is 34.1 Å². The van der Waals surface area contributed by atoms with Crippen LogP contribution >= 0.6 is 0 Å². The Morgan fingerprint density at radius 3 is 1.79 bits per heavy atom. The predicted octanol–water partition coefficient (Wildman–Crippen LogP) is 3.25. The lowest BCUT2D eigenvalue weighted by Gasteiger charge is -2.21. The van der Waals surface area contributed by atoms with Gasteiger partial charge in [-0.2, -0.15) is 0 Å². The zero-order valence-electron chi connectivity index (χ0n) is 10.2. The van der Waals surface area contributed by atoms with Gasteiger partial charge in [-0.05, 0) is 24.8 Å². The second kappa shape index (κ2) is 9.68. The fraction of sp³-hybridized carbons (Fsp3) is 1.00. The minimum Gasteiger partial charge on any atom is -0.396 e. The van der Waals surface area contributed by atoms with Gasteiger partial charge in [-0.3, -0.25) is 0 Å². The summed E-state index contributed by atoms with van der Waals surface area (Å²) >= 11 is 0. The maximum atomic E-state index is 5.82. The van der Waals surface area contributed by atoms with E-state index in [1.165, 1.54) is 12.8 Å². The van der Waals surface area contributed by atoms with Crippen LogP contribution in [-0.2, 0) is 8.85 Å². The molecule has 0 aliphatic heterocycles. The molecule has 0 aromatic carbocycles. The van der Waals surface area contributed by atoms with Crippen LogP contribution in [-0.4, -0.2) is 22.5 Å². The monoisotopic (exact) mass is 218 g/mol. The third-order valence-corrected chi connectivity index (χ3v) is 4.57. The van der Waals surface area contributed by atoms with E-state index in [2.05, 4.69) is 27.7 Å². The van der Waals surface area contributed by atoms with Crippen LogP contribution < -0.4 is 0 Å². The molecule has 0 heterocycles. The quantitative estimate of drug-likeness (QED) is 0.553. The van der Waals surface area contributed by atoms with E-state index in [-0.39, 0.29) is 0 Å². The maximum absolute atomic E-state index is 5.82. The van der Waals surface area contributed by atoms with E-state index in [1.54, 1.807) is 0 Å².